The van der Waals surface area contributed by atoms with Gasteiger partial charge in [-0.15, -0.1) is 0 Å². The van der Waals surface area contributed by atoms with E-state index in [-0.39, 0.29) is 11.9 Å². The molecule has 0 spiro atoms. The lowest BCUT2D eigenvalue weighted by molar-refractivity contribution is 0.144. The van der Waals surface area contributed by atoms with Crippen LogP contribution < -0.4 is 0 Å². The second kappa shape index (κ2) is 4.30. The molecule has 1 aromatic heterocycles. The summed E-state index contributed by atoms with van der Waals surface area (Å²) in [5, 5.41) is 20.0. The van der Waals surface area contributed by atoms with E-state index in [2.05, 4.69) is 4.98 Å². The number of fused-ring (bicyclic) bond motifs is 1. The van der Waals surface area contributed by atoms with Gasteiger partial charge in [0, 0.05) is 13.0 Å². The molecular weight excluding hydrogens is 252 g/mol. The molecule has 0 saturated heterocycles. The van der Waals surface area contributed by atoms with Gasteiger partial charge in [0.2, 0.25) is 0 Å². The Morgan fingerprint density at radius 1 is 1.33 bits per heavy atom. The van der Waals surface area contributed by atoms with Gasteiger partial charge in [-0.3, -0.25) is 0 Å². The van der Waals surface area contributed by atoms with Gasteiger partial charge in [-0.05, 0) is 18.6 Å². The lowest BCUT2D eigenvalue weighted by Crippen LogP contribution is -2.23. The zero-order valence-electron chi connectivity index (χ0n) is 9.67. The first-order valence-electron chi connectivity index (χ1n) is 5.88. The van der Waals surface area contributed by atoms with Gasteiger partial charge in [0.15, 0.2) is 5.15 Å². The zero-order valence-corrected chi connectivity index (χ0v) is 10.4. The number of phenols is 1. The molecule has 4 nitrogen and oxygen atoms in total. The summed E-state index contributed by atoms with van der Waals surface area (Å²) < 4.78 is 1.98. The van der Waals surface area contributed by atoms with Crippen LogP contribution >= 0.6 is 11.6 Å². The van der Waals surface area contributed by atoms with Crippen LogP contribution in [0.15, 0.2) is 24.3 Å². The summed E-state index contributed by atoms with van der Waals surface area (Å²) in [6.45, 7) is 0.667. The van der Waals surface area contributed by atoms with Gasteiger partial charge in [0.05, 0.1) is 17.4 Å². The van der Waals surface area contributed by atoms with E-state index in [1.54, 1.807) is 12.1 Å². The molecule has 1 unspecified atom stereocenters. The Balaban J connectivity index is 2.15. The van der Waals surface area contributed by atoms with Gasteiger partial charge < -0.3 is 14.8 Å². The Morgan fingerprint density at radius 3 is 2.89 bits per heavy atom. The summed E-state index contributed by atoms with van der Waals surface area (Å²) in [5.74, 6) is 0.855. The molecule has 2 aromatic rings. The van der Waals surface area contributed by atoms with Gasteiger partial charge in [-0.25, -0.2) is 4.98 Å². The number of hydrogen-bond acceptors (Lipinski definition) is 3. The molecule has 1 atom stereocenters. The molecule has 5 heteroatoms. The molecule has 0 amide bonds. The van der Waals surface area contributed by atoms with Crippen LogP contribution in [0.5, 0.6) is 5.75 Å². The molecule has 18 heavy (non-hydrogen) atoms. The average molecular weight is 265 g/mol. The van der Waals surface area contributed by atoms with E-state index in [9.17, 15) is 10.2 Å². The Hall–Kier alpha value is -1.52. The number of aromatic hydroxyl groups is 1. The van der Waals surface area contributed by atoms with E-state index < -0.39 is 0 Å². The van der Waals surface area contributed by atoms with Crippen molar-refractivity contribution in [2.24, 2.45) is 0 Å². The molecular formula is C13H13ClN2O2. The minimum atomic E-state index is -0.357. The second-order valence-corrected chi connectivity index (χ2v) is 4.85. The normalized spacial score (nSPS) is 18.7. The van der Waals surface area contributed by atoms with Gasteiger partial charge in [-0.2, -0.15) is 0 Å². The molecule has 94 valence electrons. The Labute approximate surface area is 109 Å². The number of halogens is 1. The number of hydrogen-bond donors (Lipinski definition) is 2. The predicted octanol–water partition coefficient (Wildman–Crippen LogP) is 2.22. The first kappa shape index (κ1) is 11.6. The summed E-state index contributed by atoms with van der Waals surface area (Å²) in [6, 6.07) is 7.06. The molecule has 0 saturated carbocycles. The maximum Gasteiger partial charge on any atom is 0.151 e. The smallest absolute Gasteiger partial charge is 0.151 e. The molecule has 0 fully saturated rings. The van der Waals surface area contributed by atoms with Crippen molar-refractivity contribution in [2.75, 3.05) is 0 Å². The first-order valence-corrected chi connectivity index (χ1v) is 6.26. The maximum atomic E-state index is 9.88. The van der Waals surface area contributed by atoms with Gasteiger partial charge in [0.1, 0.15) is 11.6 Å². The maximum absolute atomic E-state index is 9.88. The van der Waals surface area contributed by atoms with Crippen molar-refractivity contribution < 1.29 is 10.2 Å². The molecule has 0 aliphatic carbocycles. The highest BCUT2D eigenvalue weighted by Gasteiger charge is 2.24. The number of aromatic nitrogens is 2. The van der Waals surface area contributed by atoms with Crippen molar-refractivity contribution in [2.45, 2.75) is 25.5 Å². The predicted molar refractivity (Wildman–Crippen MR) is 68.7 cm³/mol. The fraction of sp³-hybridized carbons (Fsp3) is 0.308. The van der Waals surface area contributed by atoms with Gasteiger partial charge >= 0.3 is 0 Å². The summed E-state index contributed by atoms with van der Waals surface area (Å²) in [6.07, 6.45) is 0.837. The standard InChI is InChI=1S/C13H13ClN2O2/c14-12-10-7-8(17)5-6-16(10)13(15-12)9-3-1-2-4-11(9)18/h1-4,8,17-18H,5-7H2. The van der Waals surface area contributed by atoms with Gasteiger partial charge in [-0.1, -0.05) is 23.7 Å². The van der Waals surface area contributed by atoms with Crippen LogP contribution in [0, 0.1) is 0 Å². The lowest BCUT2D eigenvalue weighted by atomic mass is 10.1. The number of rotatable bonds is 1. The minimum Gasteiger partial charge on any atom is -0.507 e. The van der Waals surface area contributed by atoms with Crippen LogP contribution in [0.25, 0.3) is 11.4 Å². The third kappa shape index (κ3) is 1.78. The van der Waals surface area contributed by atoms with Crippen LogP contribution in [0.1, 0.15) is 12.1 Å². The summed E-state index contributed by atoms with van der Waals surface area (Å²) in [5.41, 5.74) is 1.51. The summed E-state index contributed by atoms with van der Waals surface area (Å²) in [4.78, 5) is 4.32. The van der Waals surface area contributed by atoms with Crippen molar-refractivity contribution in [3.05, 3.63) is 35.1 Å². The van der Waals surface area contributed by atoms with Crippen molar-refractivity contribution in [1.29, 1.82) is 0 Å². The van der Waals surface area contributed by atoms with Crippen molar-refractivity contribution in [1.82, 2.24) is 9.55 Å². The van der Waals surface area contributed by atoms with E-state index in [0.29, 0.717) is 35.9 Å². The number of aliphatic hydroxyl groups is 1. The molecule has 2 heterocycles. The number of aliphatic hydroxyl groups excluding tert-OH is 1. The number of imidazole rings is 1. The Morgan fingerprint density at radius 2 is 2.11 bits per heavy atom. The fourth-order valence-electron chi connectivity index (χ4n) is 2.36. The second-order valence-electron chi connectivity index (χ2n) is 4.49. The number of benzene rings is 1. The highest BCUT2D eigenvalue weighted by Crippen LogP contribution is 2.33. The summed E-state index contributed by atoms with van der Waals surface area (Å²) in [7, 11) is 0. The molecule has 0 bridgehead atoms. The fourth-order valence-corrected chi connectivity index (χ4v) is 2.62. The number of nitrogens with zero attached hydrogens (tertiary/aromatic N) is 2. The highest BCUT2D eigenvalue weighted by atomic mass is 35.5. The monoisotopic (exact) mass is 264 g/mol. The minimum absolute atomic E-state index is 0.188. The molecule has 0 radical (unpaired) electrons. The molecule has 1 aliphatic heterocycles. The van der Waals surface area contributed by atoms with E-state index in [1.165, 1.54) is 0 Å². The quantitative estimate of drug-likeness (QED) is 0.830. The van der Waals surface area contributed by atoms with E-state index in [1.807, 2.05) is 16.7 Å². The molecule has 1 aromatic carbocycles. The van der Waals surface area contributed by atoms with Crippen LogP contribution in [0.2, 0.25) is 5.15 Å². The first-order chi connectivity index (χ1) is 8.66. The lowest BCUT2D eigenvalue weighted by Gasteiger charge is -2.21. The Kier molecular flexibility index (Phi) is 2.76. The number of para-hydroxylation sites is 1. The van der Waals surface area contributed by atoms with Gasteiger partial charge in [0.25, 0.3) is 0 Å². The van der Waals surface area contributed by atoms with Crippen molar-refractivity contribution in [3.8, 4) is 17.1 Å². The summed E-state index contributed by atoms with van der Waals surface area (Å²) >= 11 is 6.11. The largest absolute Gasteiger partial charge is 0.507 e. The topological polar surface area (TPSA) is 58.3 Å². The van der Waals surface area contributed by atoms with E-state index in [4.69, 9.17) is 11.6 Å². The molecule has 3 rings (SSSR count). The molecule has 1 aliphatic rings. The SMILES string of the molecule is Oc1ccccc1-c1nc(Cl)c2n1CCC(O)C2. The number of phenolic OH excluding ortho intramolecular Hbond substituents is 1. The Bertz CT molecular complexity index is 595. The highest BCUT2D eigenvalue weighted by molar-refractivity contribution is 6.30. The van der Waals surface area contributed by atoms with Crippen molar-refractivity contribution in [3.63, 3.8) is 0 Å². The van der Waals surface area contributed by atoms with Crippen LogP contribution in [0.4, 0.5) is 0 Å². The van der Waals surface area contributed by atoms with E-state index in [0.717, 1.165) is 5.69 Å². The average Bonchev–Trinajstić information content (AvgIpc) is 2.67. The molecule has 2 N–H and O–H groups in total. The third-order valence-electron chi connectivity index (χ3n) is 3.28. The third-order valence-corrected chi connectivity index (χ3v) is 3.59. The zero-order chi connectivity index (χ0) is 12.7. The van der Waals surface area contributed by atoms with Crippen LogP contribution in [0.3, 0.4) is 0 Å². The van der Waals surface area contributed by atoms with Crippen LogP contribution in [-0.4, -0.2) is 25.9 Å². The van der Waals surface area contributed by atoms with Crippen molar-refractivity contribution >= 4 is 11.6 Å². The van der Waals surface area contributed by atoms with E-state index >= 15 is 0 Å². The van der Waals surface area contributed by atoms with Crippen LogP contribution in [-0.2, 0) is 13.0 Å².